The van der Waals surface area contributed by atoms with Gasteiger partial charge in [0.2, 0.25) is 5.91 Å². The summed E-state index contributed by atoms with van der Waals surface area (Å²) in [4.78, 5) is 26.4. The first kappa shape index (κ1) is 16.6. The van der Waals surface area contributed by atoms with Crippen LogP contribution in [-0.2, 0) is 4.79 Å². The van der Waals surface area contributed by atoms with E-state index >= 15 is 0 Å². The van der Waals surface area contributed by atoms with Crippen LogP contribution in [0.1, 0.15) is 48.7 Å². The number of fused-ring (bicyclic) bond motifs is 1. The maximum atomic E-state index is 12.5. The van der Waals surface area contributed by atoms with E-state index in [0.29, 0.717) is 25.1 Å². The van der Waals surface area contributed by atoms with Crippen molar-refractivity contribution in [3.8, 4) is 0 Å². The number of nitrogens with zero attached hydrogens (tertiary/aromatic N) is 1. The van der Waals surface area contributed by atoms with Gasteiger partial charge in [-0.3, -0.25) is 9.59 Å². The number of para-hydroxylation sites is 1. The molecule has 3 rings (SSSR count). The highest BCUT2D eigenvalue weighted by atomic mass is 16.3. The molecule has 2 aromatic rings. The summed E-state index contributed by atoms with van der Waals surface area (Å²) in [6.07, 6.45) is 2.92. The number of nitrogens with one attached hydrogen (secondary N) is 1. The summed E-state index contributed by atoms with van der Waals surface area (Å²) in [6, 6.07) is 7.65. The number of rotatable bonds is 4. The van der Waals surface area contributed by atoms with Gasteiger partial charge < -0.3 is 14.6 Å². The SMILES string of the molecule is CCCN1CCC(NC(=O)c2cc3cccc(C)c3o2)CCC1=O. The second-order valence-corrected chi connectivity index (χ2v) is 6.48. The maximum Gasteiger partial charge on any atom is 0.287 e. The molecule has 2 heterocycles. The van der Waals surface area contributed by atoms with Crippen molar-refractivity contribution < 1.29 is 14.0 Å². The third kappa shape index (κ3) is 3.45. The largest absolute Gasteiger partial charge is 0.451 e. The number of hydrogen-bond acceptors (Lipinski definition) is 3. The number of benzene rings is 1. The summed E-state index contributed by atoms with van der Waals surface area (Å²) < 4.78 is 5.72. The third-order valence-corrected chi connectivity index (χ3v) is 4.60. The summed E-state index contributed by atoms with van der Waals surface area (Å²) in [7, 11) is 0. The van der Waals surface area contributed by atoms with Crippen molar-refractivity contribution in [2.75, 3.05) is 13.1 Å². The van der Waals surface area contributed by atoms with Crippen molar-refractivity contribution in [1.29, 1.82) is 0 Å². The molecule has 1 aliphatic rings. The van der Waals surface area contributed by atoms with Crippen LogP contribution in [0.25, 0.3) is 11.0 Å². The van der Waals surface area contributed by atoms with Crippen LogP contribution in [-0.4, -0.2) is 35.8 Å². The van der Waals surface area contributed by atoms with Gasteiger partial charge in [-0.15, -0.1) is 0 Å². The Morgan fingerprint density at radius 2 is 2.21 bits per heavy atom. The van der Waals surface area contributed by atoms with Crippen LogP contribution >= 0.6 is 0 Å². The Labute approximate surface area is 142 Å². The molecule has 1 saturated heterocycles. The van der Waals surface area contributed by atoms with Crippen LogP contribution in [0.2, 0.25) is 0 Å². The van der Waals surface area contributed by atoms with Crippen LogP contribution in [0.3, 0.4) is 0 Å². The first-order chi connectivity index (χ1) is 11.6. The molecule has 1 aromatic heterocycles. The summed E-state index contributed by atoms with van der Waals surface area (Å²) in [5.41, 5.74) is 1.77. The smallest absolute Gasteiger partial charge is 0.287 e. The molecule has 1 unspecified atom stereocenters. The zero-order valence-electron chi connectivity index (χ0n) is 14.3. The van der Waals surface area contributed by atoms with Gasteiger partial charge in [0.1, 0.15) is 5.58 Å². The summed E-state index contributed by atoms with van der Waals surface area (Å²) in [6.45, 7) is 5.53. The predicted octanol–water partition coefficient (Wildman–Crippen LogP) is 3.26. The first-order valence-corrected chi connectivity index (χ1v) is 8.66. The summed E-state index contributed by atoms with van der Waals surface area (Å²) in [5.74, 6) is 0.320. The van der Waals surface area contributed by atoms with E-state index in [9.17, 15) is 9.59 Å². The highest BCUT2D eigenvalue weighted by Gasteiger charge is 2.24. The highest BCUT2D eigenvalue weighted by molar-refractivity contribution is 5.96. The van der Waals surface area contributed by atoms with E-state index in [1.165, 1.54) is 0 Å². The Morgan fingerprint density at radius 3 is 2.96 bits per heavy atom. The molecule has 1 aliphatic heterocycles. The minimum atomic E-state index is -0.202. The van der Waals surface area contributed by atoms with Crippen LogP contribution in [0.15, 0.2) is 28.7 Å². The summed E-state index contributed by atoms with van der Waals surface area (Å²) >= 11 is 0. The molecule has 5 nitrogen and oxygen atoms in total. The third-order valence-electron chi connectivity index (χ3n) is 4.60. The van der Waals surface area contributed by atoms with Gasteiger partial charge in [-0.2, -0.15) is 0 Å². The molecule has 5 heteroatoms. The quantitative estimate of drug-likeness (QED) is 0.937. The van der Waals surface area contributed by atoms with Gasteiger partial charge in [0.15, 0.2) is 5.76 Å². The average molecular weight is 328 g/mol. The second kappa shape index (κ2) is 7.07. The van der Waals surface area contributed by atoms with Gasteiger partial charge >= 0.3 is 0 Å². The van der Waals surface area contributed by atoms with E-state index in [4.69, 9.17) is 4.42 Å². The Hall–Kier alpha value is -2.30. The van der Waals surface area contributed by atoms with E-state index in [-0.39, 0.29) is 17.9 Å². The molecule has 1 aromatic carbocycles. The van der Waals surface area contributed by atoms with Gasteiger partial charge in [0, 0.05) is 30.9 Å². The van der Waals surface area contributed by atoms with E-state index in [1.807, 2.05) is 30.0 Å². The topological polar surface area (TPSA) is 62.6 Å². The van der Waals surface area contributed by atoms with Crippen LogP contribution < -0.4 is 5.32 Å². The Balaban J connectivity index is 1.67. The van der Waals surface area contributed by atoms with Gasteiger partial charge in [-0.1, -0.05) is 25.1 Å². The molecule has 0 spiro atoms. The second-order valence-electron chi connectivity index (χ2n) is 6.48. The number of carbonyl (C=O) groups excluding carboxylic acids is 2. The zero-order chi connectivity index (χ0) is 17.1. The predicted molar refractivity (Wildman–Crippen MR) is 92.9 cm³/mol. The Bertz CT molecular complexity index is 750. The average Bonchev–Trinajstić information content (AvgIpc) is 2.94. The lowest BCUT2D eigenvalue weighted by Crippen LogP contribution is -2.36. The highest BCUT2D eigenvalue weighted by Crippen LogP contribution is 2.23. The van der Waals surface area contributed by atoms with Gasteiger partial charge in [-0.25, -0.2) is 0 Å². The van der Waals surface area contributed by atoms with Gasteiger partial charge in [0.25, 0.3) is 5.91 Å². The molecule has 128 valence electrons. The van der Waals surface area contributed by atoms with E-state index < -0.39 is 0 Å². The van der Waals surface area contributed by atoms with Crippen LogP contribution in [0, 0.1) is 6.92 Å². The molecule has 0 bridgehead atoms. The number of furan rings is 1. The molecule has 1 atom stereocenters. The lowest BCUT2D eigenvalue weighted by atomic mass is 10.1. The molecule has 2 amide bonds. The first-order valence-electron chi connectivity index (χ1n) is 8.66. The standard InChI is InChI=1S/C19H24N2O3/c1-3-10-21-11-9-15(7-8-17(21)22)20-19(23)16-12-14-6-4-5-13(2)18(14)24-16/h4-6,12,15H,3,7-11H2,1-2H3,(H,20,23). The summed E-state index contributed by atoms with van der Waals surface area (Å²) in [5, 5.41) is 3.96. The molecule has 0 saturated carbocycles. The fraction of sp³-hybridized carbons (Fsp3) is 0.474. The van der Waals surface area contributed by atoms with Crippen molar-refractivity contribution in [3.63, 3.8) is 0 Å². The number of hydrogen-bond donors (Lipinski definition) is 1. The number of aryl methyl sites for hydroxylation is 1. The zero-order valence-corrected chi connectivity index (χ0v) is 14.3. The molecule has 1 fully saturated rings. The Kier molecular flexibility index (Phi) is 4.88. The molecular formula is C19H24N2O3. The van der Waals surface area contributed by atoms with E-state index in [2.05, 4.69) is 12.2 Å². The minimum absolute atomic E-state index is 0.0117. The van der Waals surface area contributed by atoms with Gasteiger partial charge in [-0.05, 0) is 37.8 Å². The fourth-order valence-electron chi connectivity index (χ4n) is 3.26. The Morgan fingerprint density at radius 1 is 1.38 bits per heavy atom. The molecular weight excluding hydrogens is 304 g/mol. The monoisotopic (exact) mass is 328 g/mol. The number of amides is 2. The van der Waals surface area contributed by atoms with E-state index in [1.54, 1.807) is 6.07 Å². The van der Waals surface area contributed by atoms with Crippen molar-refractivity contribution in [3.05, 3.63) is 35.6 Å². The molecule has 24 heavy (non-hydrogen) atoms. The normalized spacial score (nSPS) is 18.7. The van der Waals surface area contributed by atoms with E-state index in [0.717, 1.165) is 35.9 Å². The fourth-order valence-corrected chi connectivity index (χ4v) is 3.26. The number of carbonyl (C=O) groups is 2. The minimum Gasteiger partial charge on any atom is -0.451 e. The molecule has 0 aliphatic carbocycles. The lowest BCUT2D eigenvalue weighted by Gasteiger charge is -2.20. The molecule has 1 N–H and O–H groups in total. The van der Waals surface area contributed by atoms with Gasteiger partial charge in [0.05, 0.1) is 0 Å². The van der Waals surface area contributed by atoms with Crippen LogP contribution in [0.4, 0.5) is 0 Å². The maximum absolute atomic E-state index is 12.5. The van der Waals surface area contributed by atoms with Crippen molar-refractivity contribution >= 4 is 22.8 Å². The number of likely N-dealkylation sites (tertiary alicyclic amines) is 1. The van der Waals surface area contributed by atoms with Crippen LogP contribution in [0.5, 0.6) is 0 Å². The van der Waals surface area contributed by atoms with Crippen molar-refractivity contribution in [2.45, 2.75) is 45.6 Å². The van der Waals surface area contributed by atoms with Crippen molar-refractivity contribution in [2.24, 2.45) is 0 Å². The molecule has 0 radical (unpaired) electrons. The van der Waals surface area contributed by atoms with Crippen molar-refractivity contribution in [1.82, 2.24) is 10.2 Å². The lowest BCUT2D eigenvalue weighted by molar-refractivity contribution is -0.130.